The van der Waals surface area contributed by atoms with Crippen molar-refractivity contribution in [2.75, 3.05) is 7.11 Å². The molecule has 4 heteroatoms. The lowest BCUT2D eigenvalue weighted by molar-refractivity contribution is -0.137. The van der Waals surface area contributed by atoms with Gasteiger partial charge in [-0.2, -0.15) is 8.78 Å². The van der Waals surface area contributed by atoms with Gasteiger partial charge in [0.05, 0.1) is 7.11 Å². The number of rotatable bonds is 3. The smallest absolute Gasteiger partial charge is 0.340 e. The molecule has 0 fully saturated rings. The van der Waals surface area contributed by atoms with Gasteiger partial charge in [-0.25, -0.2) is 4.79 Å². The van der Waals surface area contributed by atoms with E-state index in [-0.39, 0.29) is 0 Å². The van der Waals surface area contributed by atoms with Gasteiger partial charge >= 0.3 is 5.97 Å². The van der Waals surface area contributed by atoms with E-state index >= 15 is 0 Å². The second-order valence-corrected chi connectivity index (χ2v) is 4.12. The molecule has 0 amide bonds. The fourth-order valence-electron chi connectivity index (χ4n) is 1.67. The molecule has 0 aliphatic rings. The van der Waals surface area contributed by atoms with Crippen molar-refractivity contribution < 1.29 is 18.3 Å². The number of carbonyl (C=O) groups is 1. The summed E-state index contributed by atoms with van der Waals surface area (Å²) < 4.78 is 30.2. The number of ether oxygens (including phenoxy) is 1. The third kappa shape index (κ3) is 2.70. The molecule has 0 spiro atoms. The van der Waals surface area contributed by atoms with Crippen LogP contribution in [0.5, 0.6) is 0 Å². The van der Waals surface area contributed by atoms with E-state index in [4.69, 9.17) is 0 Å². The van der Waals surface area contributed by atoms with Crippen molar-refractivity contribution in [3.8, 4) is 0 Å². The highest BCUT2D eigenvalue weighted by Gasteiger charge is 2.35. The number of hydrogen-bond acceptors (Lipinski definition) is 2. The van der Waals surface area contributed by atoms with Crippen LogP contribution in [0.3, 0.4) is 0 Å². The molecule has 0 bridgehead atoms. The van der Waals surface area contributed by atoms with E-state index in [0.717, 1.165) is 7.11 Å². The van der Waals surface area contributed by atoms with Crippen molar-refractivity contribution in [1.29, 1.82) is 0 Å². The summed E-state index contributed by atoms with van der Waals surface area (Å²) in [6.07, 6.45) is -2.01. The lowest BCUT2D eigenvalue weighted by atomic mass is 9.78. The van der Waals surface area contributed by atoms with Gasteiger partial charge in [-0.15, -0.1) is 0 Å². The van der Waals surface area contributed by atoms with Crippen LogP contribution in [-0.2, 0) is 14.9 Å². The molecular formula is C13H14F2O2. The average molecular weight is 240 g/mol. The topological polar surface area (TPSA) is 26.3 Å². The normalized spacial score (nSPS) is 10.9. The Morgan fingerprint density at radius 3 is 2.12 bits per heavy atom. The van der Waals surface area contributed by atoms with E-state index in [2.05, 4.69) is 4.74 Å². The van der Waals surface area contributed by atoms with E-state index in [9.17, 15) is 13.6 Å². The predicted octanol–water partition coefficient (Wildman–Crippen LogP) is 3.29. The first-order chi connectivity index (χ1) is 7.91. The summed E-state index contributed by atoms with van der Waals surface area (Å²) in [4.78, 5) is 11.4. The molecule has 0 aliphatic heterocycles. The molecule has 0 N–H and O–H groups in total. The van der Waals surface area contributed by atoms with Crippen LogP contribution in [0.1, 0.15) is 19.4 Å². The zero-order valence-electron chi connectivity index (χ0n) is 9.96. The number of benzene rings is 1. The Hall–Kier alpha value is -1.71. The predicted molar refractivity (Wildman–Crippen MR) is 60.7 cm³/mol. The summed E-state index contributed by atoms with van der Waals surface area (Å²) in [5, 5.41) is 0. The van der Waals surface area contributed by atoms with Gasteiger partial charge < -0.3 is 4.74 Å². The Labute approximate surface area is 98.9 Å². The first-order valence-electron chi connectivity index (χ1n) is 5.11. The van der Waals surface area contributed by atoms with E-state index < -0.39 is 23.0 Å². The molecule has 1 aromatic carbocycles. The SMILES string of the molecule is COC(=O)C(=C(F)F)C(C)(C)c1ccccc1. The Bertz CT molecular complexity index is 432. The van der Waals surface area contributed by atoms with Crippen LogP contribution in [0.2, 0.25) is 0 Å². The van der Waals surface area contributed by atoms with Crippen molar-refractivity contribution in [3.05, 3.63) is 47.5 Å². The van der Waals surface area contributed by atoms with Gasteiger partial charge in [0.1, 0.15) is 5.57 Å². The van der Waals surface area contributed by atoms with Gasteiger partial charge in [0.2, 0.25) is 0 Å². The molecule has 0 aromatic heterocycles. The van der Waals surface area contributed by atoms with Gasteiger partial charge in [0.15, 0.2) is 0 Å². The van der Waals surface area contributed by atoms with Crippen LogP contribution in [0.4, 0.5) is 8.78 Å². The maximum absolute atomic E-state index is 12.9. The standard InChI is InChI=1S/C13H14F2O2/c1-13(2,9-7-5-4-6-8-9)10(11(14)15)12(16)17-3/h4-8H,1-3H3. The molecule has 1 rings (SSSR count). The summed E-state index contributed by atoms with van der Waals surface area (Å²) in [5.41, 5.74) is -1.06. The van der Waals surface area contributed by atoms with Crippen LogP contribution in [-0.4, -0.2) is 13.1 Å². The Kier molecular flexibility index (Phi) is 3.99. The minimum absolute atomic E-state index is 0.605. The third-order valence-corrected chi connectivity index (χ3v) is 2.70. The lowest BCUT2D eigenvalue weighted by Gasteiger charge is -2.26. The number of halogens is 2. The van der Waals surface area contributed by atoms with Crippen molar-refractivity contribution in [3.63, 3.8) is 0 Å². The molecule has 0 aliphatic carbocycles. The first kappa shape index (κ1) is 13.4. The highest BCUT2D eigenvalue weighted by Crippen LogP contribution is 2.34. The molecule has 1 aromatic rings. The zero-order valence-corrected chi connectivity index (χ0v) is 9.96. The minimum atomic E-state index is -2.01. The maximum atomic E-state index is 12.9. The molecule has 0 unspecified atom stereocenters. The Morgan fingerprint density at radius 1 is 1.18 bits per heavy atom. The first-order valence-corrected chi connectivity index (χ1v) is 5.11. The molecule has 0 atom stereocenters. The zero-order chi connectivity index (χ0) is 13.1. The van der Waals surface area contributed by atoms with E-state index in [1.807, 2.05) is 0 Å². The molecule has 17 heavy (non-hydrogen) atoms. The van der Waals surface area contributed by atoms with Gasteiger partial charge in [-0.3, -0.25) is 0 Å². The van der Waals surface area contributed by atoms with Crippen molar-refractivity contribution in [1.82, 2.24) is 0 Å². The Morgan fingerprint density at radius 2 is 1.71 bits per heavy atom. The molecule has 2 nitrogen and oxygen atoms in total. The summed E-state index contributed by atoms with van der Waals surface area (Å²) in [7, 11) is 1.09. The van der Waals surface area contributed by atoms with Crippen LogP contribution >= 0.6 is 0 Å². The molecule has 0 radical (unpaired) electrons. The van der Waals surface area contributed by atoms with Crippen molar-refractivity contribution in [2.24, 2.45) is 0 Å². The highest BCUT2D eigenvalue weighted by atomic mass is 19.3. The second kappa shape index (κ2) is 5.08. The third-order valence-electron chi connectivity index (χ3n) is 2.70. The average Bonchev–Trinajstić information content (AvgIpc) is 2.29. The largest absolute Gasteiger partial charge is 0.465 e. The minimum Gasteiger partial charge on any atom is -0.465 e. The molecule has 92 valence electrons. The molecule has 0 saturated carbocycles. The number of esters is 1. The molecular weight excluding hydrogens is 226 g/mol. The van der Waals surface area contributed by atoms with Gasteiger partial charge in [0, 0.05) is 5.41 Å². The van der Waals surface area contributed by atoms with Crippen LogP contribution < -0.4 is 0 Å². The Balaban J connectivity index is 3.29. The highest BCUT2D eigenvalue weighted by molar-refractivity contribution is 5.91. The second-order valence-electron chi connectivity index (χ2n) is 4.12. The monoisotopic (exact) mass is 240 g/mol. The lowest BCUT2D eigenvalue weighted by Crippen LogP contribution is -2.27. The quantitative estimate of drug-likeness (QED) is 0.598. The van der Waals surface area contributed by atoms with E-state index in [1.54, 1.807) is 44.2 Å². The van der Waals surface area contributed by atoms with Crippen LogP contribution in [0, 0.1) is 0 Å². The summed E-state index contributed by atoms with van der Waals surface area (Å²) >= 11 is 0. The number of carbonyl (C=O) groups excluding carboxylic acids is 1. The van der Waals surface area contributed by atoms with Gasteiger partial charge in [-0.1, -0.05) is 44.2 Å². The van der Waals surface area contributed by atoms with E-state index in [1.165, 1.54) is 0 Å². The fourth-order valence-corrected chi connectivity index (χ4v) is 1.67. The van der Waals surface area contributed by atoms with E-state index in [0.29, 0.717) is 5.56 Å². The number of methoxy groups -OCH3 is 1. The number of hydrogen-bond donors (Lipinski definition) is 0. The molecule has 0 saturated heterocycles. The molecule has 0 heterocycles. The maximum Gasteiger partial charge on any atom is 0.340 e. The van der Waals surface area contributed by atoms with Gasteiger partial charge in [-0.05, 0) is 5.56 Å². The van der Waals surface area contributed by atoms with Crippen molar-refractivity contribution in [2.45, 2.75) is 19.3 Å². The van der Waals surface area contributed by atoms with Crippen LogP contribution in [0.25, 0.3) is 0 Å². The van der Waals surface area contributed by atoms with Crippen molar-refractivity contribution >= 4 is 5.97 Å². The summed E-state index contributed by atoms with van der Waals surface area (Å²) in [6, 6.07) is 8.66. The summed E-state index contributed by atoms with van der Waals surface area (Å²) in [6.45, 7) is 3.13. The van der Waals surface area contributed by atoms with Gasteiger partial charge in [0.25, 0.3) is 6.08 Å². The fraction of sp³-hybridized carbons (Fsp3) is 0.308. The summed E-state index contributed by atoms with van der Waals surface area (Å²) in [5.74, 6) is -1.00. The van der Waals surface area contributed by atoms with Crippen LogP contribution in [0.15, 0.2) is 42.0 Å².